The molecule has 0 aromatic carbocycles. The van der Waals surface area contributed by atoms with Crippen LogP contribution in [-0.4, -0.2) is 28.9 Å². The quantitative estimate of drug-likeness (QED) is 0.734. The van der Waals surface area contributed by atoms with Gasteiger partial charge in [-0.15, -0.1) is 0 Å². The van der Waals surface area contributed by atoms with Crippen molar-refractivity contribution in [2.24, 2.45) is 0 Å². The molecule has 0 radical (unpaired) electrons. The molecular formula is C11H15N3OW. The molecule has 0 unspecified atom stereocenters. The molecule has 0 bridgehead atoms. The first kappa shape index (κ1) is 15.1. The minimum absolute atomic E-state index is 0. The molecule has 1 aromatic rings. The fourth-order valence-electron chi connectivity index (χ4n) is 1.63. The van der Waals surface area contributed by atoms with Crippen LogP contribution in [0.3, 0.4) is 0 Å². The number of pyridine rings is 1. The second kappa shape index (κ2) is 6.64. The number of likely N-dealkylation sites (tertiary alicyclic amines) is 1. The fourth-order valence-corrected chi connectivity index (χ4v) is 1.63. The Bertz CT molecular complexity index is 351. The molecule has 2 rings (SSSR count). The van der Waals surface area contributed by atoms with Gasteiger partial charge < -0.3 is 18.1 Å². The summed E-state index contributed by atoms with van der Waals surface area (Å²) < 4.78 is 0. The Kier molecular flexibility index (Phi) is 6.27. The number of nitrogen functional groups attached to an aromatic ring is 1. The van der Waals surface area contributed by atoms with Crippen LogP contribution in [0, 0.1) is 13.5 Å². The first-order valence-corrected chi connectivity index (χ1v) is 4.70. The summed E-state index contributed by atoms with van der Waals surface area (Å²) in [5.74, 6) is 0.269. The van der Waals surface area contributed by atoms with Gasteiger partial charge in [-0.3, -0.25) is 9.78 Å². The fraction of sp³-hybridized carbons (Fsp3) is 0.364. The van der Waals surface area contributed by atoms with Crippen LogP contribution in [0.15, 0.2) is 12.3 Å². The standard InChI is InChI=1S/C10H12N3O.CH3.W/c11-9-8(4-3-5-12-9)10(14)13-6-1-2-7-13;;/h4-5H,1-2,6-7H2,(H2,11,12);1H3;/q2*-1;+2. The molecule has 16 heavy (non-hydrogen) atoms. The van der Waals surface area contributed by atoms with Crippen LogP contribution in [-0.2, 0) is 21.1 Å². The van der Waals surface area contributed by atoms with Gasteiger partial charge in [0.25, 0.3) is 0 Å². The van der Waals surface area contributed by atoms with Crippen LogP contribution in [0.5, 0.6) is 0 Å². The minimum Gasteiger partial charge on any atom is -0.398 e. The summed E-state index contributed by atoms with van der Waals surface area (Å²) >= 11 is 0. The van der Waals surface area contributed by atoms with E-state index in [1.165, 1.54) is 6.20 Å². The number of hydrogen-bond acceptors (Lipinski definition) is 3. The minimum atomic E-state index is -0.0237. The summed E-state index contributed by atoms with van der Waals surface area (Å²) in [6, 6.07) is 4.37. The third kappa shape index (κ3) is 3.05. The Balaban J connectivity index is 0.00000112. The number of nitrogens with zero attached hydrogens (tertiary/aromatic N) is 2. The summed E-state index contributed by atoms with van der Waals surface area (Å²) in [5.41, 5.74) is 6.08. The number of rotatable bonds is 1. The van der Waals surface area contributed by atoms with Crippen molar-refractivity contribution < 1.29 is 25.9 Å². The van der Waals surface area contributed by atoms with Gasteiger partial charge in [0, 0.05) is 13.1 Å². The smallest absolute Gasteiger partial charge is 0.398 e. The van der Waals surface area contributed by atoms with Crippen LogP contribution in [0.4, 0.5) is 5.82 Å². The SMILES string of the molecule is Nc1nc[c-]cc1C(=O)N1CCCC1.[CH3-].[W+2]. The molecule has 1 amide bonds. The molecule has 1 aliphatic heterocycles. The van der Waals surface area contributed by atoms with E-state index in [1.54, 1.807) is 11.0 Å². The van der Waals surface area contributed by atoms with E-state index < -0.39 is 0 Å². The average molecular weight is 389 g/mol. The number of nitrogens with two attached hydrogens (primary N) is 1. The summed E-state index contributed by atoms with van der Waals surface area (Å²) in [6.07, 6.45) is 3.63. The van der Waals surface area contributed by atoms with Crippen LogP contribution in [0.2, 0.25) is 0 Å². The van der Waals surface area contributed by atoms with E-state index in [4.69, 9.17) is 5.73 Å². The maximum absolute atomic E-state index is 11.9. The number of carbonyl (C=O) groups is 1. The number of amides is 1. The van der Waals surface area contributed by atoms with E-state index in [0.29, 0.717) is 11.4 Å². The topological polar surface area (TPSA) is 59.2 Å². The second-order valence-corrected chi connectivity index (χ2v) is 3.37. The van der Waals surface area contributed by atoms with Crippen molar-refractivity contribution in [2.75, 3.05) is 18.8 Å². The molecule has 0 aliphatic carbocycles. The molecule has 1 fully saturated rings. The third-order valence-electron chi connectivity index (χ3n) is 2.41. The van der Waals surface area contributed by atoms with E-state index in [1.807, 2.05) is 0 Å². The Labute approximate surface area is 110 Å². The maximum Gasteiger partial charge on any atom is 2.00 e. The van der Waals surface area contributed by atoms with E-state index in [0.717, 1.165) is 25.9 Å². The first-order chi connectivity index (χ1) is 6.79. The molecule has 5 heteroatoms. The average Bonchev–Trinajstić information content (AvgIpc) is 2.70. The molecule has 4 nitrogen and oxygen atoms in total. The van der Waals surface area contributed by atoms with Crippen LogP contribution in [0.1, 0.15) is 23.2 Å². The molecule has 0 atom stereocenters. The summed E-state index contributed by atoms with van der Waals surface area (Å²) in [4.78, 5) is 17.5. The molecule has 1 saturated heterocycles. The van der Waals surface area contributed by atoms with Gasteiger partial charge in [-0.1, -0.05) is 11.8 Å². The monoisotopic (exact) mass is 389 g/mol. The summed E-state index contributed by atoms with van der Waals surface area (Å²) in [5, 5.41) is 0. The van der Waals surface area contributed by atoms with E-state index >= 15 is 0 Å². The summed E-state index contributed by atoms with van der Waals surface area (Å²) in [7, 11) is 0. The van der Waals surface area contributed by atoms with Gasteiger partial charge in [0.15, 0.2) is 5.91 Å². The second-order valence-electron chi connectivity index (χ2n) is 3.37. The van der Waals surface area contributed by atoms with Crippen molar-refractivity contribution in [3.05, 3.63) is 31.3 Å². The van der Waals surface area contributed by atoms with E-state index in [9.17, 15) is 4.79 Å². The number of hydrogen-bond donors (Lipinski definition) is 1. The van der Waals surface area contributed by atoms with Crippen molar-refractivity contribution in [3.8, 4) is 0 Å². The molecular weight excluding hydrogens is 374 g/mol. The van der Waals surface area contributed by atoms with Crippen LogP contribution < -0.4 is 5.73 Å². The zero-order valence-corrected chi connectivity index (χ0v) is 12.2. The molecule has 0 spiro atoms. The van der Waals surface area contributed by atoms with Crippen molar-refractivity contribution in [1.29, 1.82) is 0 Å². The zero-order valence-electron chi connectivity index (χ0n) is 9.27. The Morgan fingerprint density at radius 1 is 1.44 bits per heavy atom. The van der Waals surface area contributed by atoms with Gasteiger partial charge in [-0.2, -0.15) is 0 Å². The van der Waals surface area contributed by atoms with Crippen molar-refractivity contribution in [3.63, 3.8) is 0 Å². The predicted molar refractivity (Wildman–Crippen MR) is 59.0 cm³/mol. The van der Waals surface area contributed by atoms with Gasteiger partial charge >= 0.3 is 21.1 Å². The largest absolute Gasteiger partial charge is 2.00 e. The Hall–Kier alpha value is -0.892. The van der Waals surface area contributed by atoms with Gasteiger partial charge in [0.05, 0.1) is 5.82 Å². The van der Waals surface area contributed by atoms with Crippen LogP contribution in [0.25, 0.3) is 0 Å². The van der Waals surface area contributed by atoms with Gasteiger partial charge in [-0.25, -0.2) is 12.1 Å². The number of aromatic nitrogens is 1. The molecule has 0 saturated carbocycles. The van der Waals surface area contributed by atoms with Crippen molar-refractivity contribution in [1.82, 2.24) is 9.88 Å². The molecule has 86 valence electrons. The Morgan fingerprint density at radius 3 is 2.62 bits per heavy atom. The van der Waals surface area contributed by atoms with Crippen molar-refractivity contribution in [2.45, 2.75) is 12.8 Å². The van der Waals surface area contributed by atoms with Crippen molar-refractivity contribution >= 4 is 11.7 Å². The number of carbonyl (C=O) groups excluding carboxylic acids is 1. The van der Waals surface area contributed by atoms with Crippen LogP contribution >= 0.6 is 0 Å². The molecule has 2 heterocycles. The predicted octanol–water partition coefficient (Wildman–Crippen LogP) is 1.15. The molecule has 1 aromatic heterocycles. The van der Waals surface area contributed by atoms with Gasteiger partial charge in [-0.05, 0) is 12.8 Å². The van der Waals surface area contributed by atoms with Gasteiger partial charge in [0.1, 0.15) is 0 Å². The first-order valence-electron chi connectivity index (χ1n) is 4.70. The third-order valence-corrected chi connectivity index (χ3v) is 2.41. The maximum atomic E-state index is 11.9. The normalized spacial score (nSPS) is 13.9. The number of anilines is 1. The molecule has 1 aliphatic rings. The summed E-state index contributed by atoms with van der Waals surface area (Å²) in [6.45, 7) is 1.65. The Morgan fingerprint density at radius 2 is 2.06 bits per heavy atom. The molecule has 2 N–H and O–H groups in total. The zero-order chi connectivity index (χ0) is 9.97. The van der Waals surface area contributed by atoms with E-state index in [-0.39, 0.29) is 34.4 Å². The van der Waals surface area contributed by atoms with E-state index in [2.05, 4.69) is 11.1 Å². The van der Waals surface area contributed by atoms with Gasteiger partial charge in [0.2, 0.25) is 0 Å².